The molecule has 2 fully saturated rings. The number of rotatable bonds is 3. The smallest absolute Gasteiger partial charge is 0.328 e. The Balaban J connectivity index is 1.38. The third-order valence-corrected chi connectivity index (χ3v) is 8.43. The molecule has 9 heteroatoms. The molecule has 2 aliphatic heterocycles. The molecule has 1 aromatic rings. The summed E-state index contributed by atoms with van der Waals surface area (Å²) in [6.45, 7) is 2.84. The first kappa shape index (κ1) is 23.9. The Hall–Kier alpha value is -2.29. The van der Waals surface area contributed by atoms with E-state index >= 15 is 0 Å². The second-order valence-electron chi connectivity index (χ2n) is 9.52. The van der Waals surface area contributed by atoms with Gasteiger partial charge in [0.25, 0.3) is 10.0 Å². The maximum Gasteiger partial charge on any atom is 0.328 e. The molecular weight excluding hydrogens is 440 g/mol. The van der Waals surface area contributed by atoms with Gasteiger partial charge in [-0.05, 0) is 61.8 Å². The summed E-state index contributed by atoms with van der Waals surface area (Å²) in [6, 6.07) is 4.51. The minimum Gasteiger partial charge on any atom is -0.335 e. The van der Waals surface area contributed by atoms with Crippen LogP contribution in [0.4, 0.5) is 9.59 Å². The Labute approximate surface area is 197 Å². The van der Waals surface area contributed by atoms with E-state index in [1.165, 1.54) is 12.8 Å². The number of nitrogens with zero attached hydrogens (tertiary/aromatic N) is 2. The van der Waals surface area contributed by atoms with Crippen molar-refractivity contribution < 1.29 is 18.0 Å². The fourth-order valence-corrected chi connectivity index (χ4v) is 6.13. The van der Waals surface area contributed by atoms with Crippen molar-refractivity contribution >= 4 is 22.1 Å². The van der Waals surface area contributed by atoms with Gasteiger partial charge in [0.05, 0.1) is 4.90 Å². The van der Waals surface area contributed by atoms with E-state index in [0.29, 0.717) is 25.9 Å². The van der Waals surface area contributed by atoms with Crippen molar-refractivity contribution in [2.75, 3.05) is 26.2 Å². The zero-order valence-electron chi connectivity index (χ0n) is 19.4. The molecule has 2 heterocycles. The third kappa shape index (κ3) is 6.19. The molecule has 0 spiro atoms. The fourth-order valence-electron chi connectivity index (χ4n) is 5.16. The molecule has 4 rings (SSSR count). The Morgan fingerprint density at radius 2 is 1.39 bits per heavy atom. The van der Waals surface area contributed by atoms with Gasteiger partial charge < -0.3 is 15.1 Å². The van der Waals surface area contributed by atoms with Gasteiger partial charge >= 0.3 is 12.1 Å². The molecular formula is C24H36N4O4S. The highest BCUT2D eigenvalue weighted by molar-refractivity contribution is 7.90. The van der Waals surface area contributed by atoms with E-state index in [-0.39, 0.29) is 17.0 Å². The average molecular weight is 477 g/mol. The molecule has 33 heavy (non-hydrogen) atoms. The molecule has 3 aliphatic rings. The highest BCUT2D eigenvalue weighted by Gasteiger charge is 2.26. The summed E-state index contributed by atoms with van der Waals surface area (Å²) in [5.74, 6) is 0. The van der Waals surface area contributed by atoms with Crippen molar-refractivity contribution in [2.24, 2.45) is 0 Å². The van der Waals surface area contributed by atoms with Gasteiger partial charge in [-0.3, -0.25) is 0 Å². The van der Waals surface area contributed by atoms with Crippen LogP contribution in [0.1, 0.15) is 68.9 Å². The second kappa shape index (κ2) is 10.8. The topological polar surface area (TPSA) is 98.8 Å². The lowest BCUT2D eigenvalue weighted by Crippen LogP contribution is -2.45. The van der Waals surface area contributed by atoms with Gasteiger partial charge in [0, 0.05) is 32.2 Å². The van der Waals surface area contributed by atoms with Gasteiger partial charge in [-0.15, -0.1) is 0 Å². The molecule has 182 valence electrons. The van der Waals surface area contributed by atoms with Crippen LogP contribution in [-0.4, -0.2) is 62.5 Å². The van der Waals surface area contributed by atoms with Gasteiger partial charge in [0.15, 0.2) is 0 Å². The minimum absolute atomic E-state index is 0.0358. The Kier molecular flexibility index (Phi) is 7.78. The molecule has 1 saturated heterocycles. The van der Waals surface area contributed by atoms with Crippen LogP contribution in [0.15, 0.2) is 23.1 Å². The van der Waals surface area contributed by atoms with E-state index in [0.717, 1.165) is 69.2 Å². The van der Waals surface area contributed by atoms with E-state index < -0.39 is 16.1 Å². The van der Waals surface area contributed by atoms with E-state index in [9.17, 15) is 18.0 Å². The molecule has 0 aromatic heterocycles. The van der Waals surface area contributed by atoms with Crippen molar-refractivity contribution in [1.82, 2.24) is 19.8 Å². The first-order valence-electron chi connectivity index (χ1n) is 12.4. The number of sulfonamides is 1. The van der Waals surface area contributed by atoms with E-state index in [4.69, 9.17) is 0 Å². The molecule has 2 N–H and O–H groups in total. The molecule has 0 radical (unpaired) electrons. The van der Waals surface area contributed by atoms with E-state index in [1.807, 2.05) is 15.9 Å². The zero-order chi connectivity index (χ0) is 23.3. The Bertz CT molecular complexity index is 951. The number of nitrogens with one attached hydrogen (secondary N) is 2. The van der Waals surface area contributed by atoms with Crippen LogP contribution < -0.4 is 10.0 Å². The summed E-state index contributed by atoms with van der Waals surface area (Å²) in [4.78, 5) is 29.3. The predicted octanol–water partition coefficient (Wildman–Crippen LogP) is 3.40. The summed E-state index contributed by atoms with van der Waals surface area (Å²) in [7, 11) is -3.96. The van der Waals surface area contributed by atoms with Crippen LogP contribution in [0.5, 0.6) is 0 Å². The maximum atomic E-state index is 13.0. The molecule has 1 aromatic carbocycles. The van der Waals surface area contributed by atoms with Crippen molar-refractivity contribution in [3.8, 4) is 0 Å². The van der Waals surface area contributed by atoms with Crippen molar-refractivity contribution in [2.45, 2.75) is 81.6 Å². The molecule has 8 nitrogen and oxygen atoms in total. The monoisotopic (exact) mass is 476 g/mol. The maximum absolute atomic E-state index is 13.0. The Morgan fingerprint density at radius 3 is 2.09 bits per heavy atom. The van der Waals surface area contributed by atoms with Crippen LogP contribution in [-0.2, 0) is 22.9 Å². The molecule has 0 bridgehead atoms. The number of carbonyl (C=O) groups is 2. The molecule has 0 unspecified atom stereocenters. The molecule has 0 atom stereocenters. The molecule has 1 saturated carbocycles. The predicted molar refractivity (Wildman–Crippen MR) is 127 cm³/mol. The highest BCUT2D eigenvalue weighted by Crippen LogP contribution is 2.22. The lowest BCUT2D eigenvalue weighted by Gasteiger charge is -2.29. The number of fused-ring (bicyclic) bond motifs is 1. The van der Waals surface area contributed by atoms with Crippen molar-refractivity contribution in [1.29, 1.82) is 0 Å². The normalized spacial score (nSPS) is 20.4. The second-order valence-corrected chi connectivity index (χ2v) is 11.2. The Morgan fingerprint density at radius 1 is 0.788 bits per heavy atom. The summed E-state index contributed by atoms with van der Waals surface area (Å²) in [5.41, 5.74) is 1.99. The quantitative estimate of drug-likeness (QED) is 0.698. The summed E-state index contributed by atoms with van der Waals surface area (Å²) >= 11 is 0. The van der Waals surface area contributed by atoms with Crippen LogP contribution in [0, 0.1) is 0 Å². The molecule has 1 aliphatic carbocycles. The number of urea groups is 2. The standard InChI is InChI=1S/C24H36N4O4S/c29-23(25-21-8-4-3-5-9-21)26-33(31,32)22-11-10-19-12-16-28(17-13-20(19)18-22)24(30)27-14-6-1-2-7-15-27/h10-11,18,21H,1-9,12-17H2,(H2,25,26,29). The van der Waals surface area contributed by atoms with E-state index in [2.05, 4.69) is 10.0 Å². The largest absolute Gasteiger partial charge is 0.335 e. The minimum atomic E-state index is -3.96. The summed E-state index contributed by atoms with van der Waals surface area (Å²) in [5, 5.41) is 2.79. The number of amides is 4. The lowest BCUT2D eigenvalue weighted by atomic mass is 9.96. The van der Waals surface area contributed by atoms with Crippen LogP contribution >= 0.6 is 0 Å². The van der Waals surface area contributed by atoms with E-state index in [1.54, 1.807) is 12.1 Å². The number of hydrogen-bond acceptors (Lipinski definition) is 4. The van der Waals surface area contributed by atoms with Gasteiger partial charge in [-0.1, -0.05) is 38.2 Å². The summed E-state index contributed by atoms with van der Waals surface area (Å²) < 4.78 is 27.8. The zero-order valence-corrected chi connectivity index (χ0v) is 20.2. The van der Waals surface area contributed by atoms with Crippen molar-refractivity contribution in [3.63, 3.8) is 0 Å². The highest BCUT2D eigenvalue weighted by atomic mass is 32.2. The SMILES string of the molecule is O=C(NC1CCCCC1)NS(=O)(=O)c1ccc2c(c1)CCN(C(=O)N1CCCCCC1)CC2. The van der Waals surface area contributed by atoms with Gasteiger partial charge in [-0.25, -0.2) is 22.7 Å². The third-order valence-electron chi connectivity index (χ3n) is 7.10. The summed E-state index contributed by atoms with van der Waals surface area (Å²) in [6.07, 6.45) is 10.8. The van der Waals surface area contributed by atoms with Crippen LogP contribution in [0.25, 0.3) is 0 Å². The first-order valence-corrected chi connectivity index (χ1v) is 13.9. The fraction of sp³-hybridized carbons (Fsp3) is 0.667. The first-order chi connectivity index (χ1) is 15.9. The van der Waals surface area contributed by atoms with Gasteiger partial charge in [0.2, 0.25) is 0 Å². The lowest BCUT2D eigenvalue weighted by molar-refractivity contribution is 0.156. The van der Waals surface area contributed by atoms with Crippen molar-refractivity contribution in [3.05, 3.63) is 29.3 Å². The average Bonchev–Trinajstić information content (AvgIpc) is 3.20. The van der Waals surface area contributed by atoms with Gasteiger partial charge in [-0.2, -0.15) is 0 Å². The molecule has 4 amide bonds. The number of hydrogen-bond donors (Lipinski definition) is 2. The number of carbonyl (C=O) groups excluding carboxylic acids is 2. The van der Waals surface area contributed by atoms with Crippen LogP contribution in [0.3, 0.4) is 0 Å². The van der Waals surface area contributed by atoms with Gasteiger partial charge in [0.1, 0.15) is 0 Å². The number of likely N-dealkylation sites (tertiary alicyclic amines) is 1. The van der Waals surface area contributed by atoms with Crippen LogP contribution in [0.2, 0.25) is 0 Å². The number of benzene rings is 1.